The van der Waals surface area contributed by atoms with E-state index in [1.165, 1.54) is 0 Å². The van der Waals surface area contributed by atoms with Crippen molar-refractivity contribution in [2.45, 2.75) is 0 Å². The Morgan fingerprint density at radius 1 is 0.333 bits per heavy atom. The van der Waals surface area contributed by atoms with E-state index in [2.05, 4.69) is 0 Å². The van der Waals surface area contributed by atoms with Crippen LogP contribution in [0.5, 0.6) is 0 Å². The zero-order chi connectivity index (χ0) is 43.3. The van der Waals surface area contributed by atoms with Gasteiger partial charge in [0.25, 0.3) is 0 Å². The second kappa shape index (κ2) is 12.0. The first-order valence-corrected chi connectivity index (χ1v) is 16.6. The molecule has 0 unspecified atom stereocenters. The minimum Gasteiger partial charge on any atom is -0.456 e. The number of hydrogen-bond donors (Lipinski definition) is 0. The summed E-state index contributed by atoms with van der Waals surface area (Å²) in [5.74, 6) is 0. The van der Waals surface area contributed by atoms with Crippen molar-refractivity contribution in [3.8, 4) is 55.6 Å². The Morgan fingerprint density at radius 2 is 0.824 bits per heavy atom. The average Bonchev–Trinajstić information content (AvgIpc) is 3.72. The number of rotatable bonds is 5. The Hall–Kier alpha value is -6.70. The fraction of sp³-hybridized carbons (Fsp3) is 0. The van der Waals surface area contributed by atoms with E-state index in [1.807, 2.05) is 127 Å². The quantitative estimate of drug-likeness (QED) is 0.168. The third-order valence-electron chi connectivity index (χ3n) is 9.45. The van der Waals surface area contributed by atoms with Crippen molar-refractivity contribution in [3.05, 3.63) is 194 Å². The van der Waals surface area contributed by atoms with Gasteiger partial charge in [-0.1, -0.05) is 164 Å². The van der Waals surface area contributed by atoms with Crippen molar-refractivity contribution in [1.29, 1.82) is 0 Å². The summed E-state index contributed by atoms with van der Waals surface area (Å²) in [5.41, 5.74) is 5.51. The summed E-state index contributed by atoms with van der Waals surface area (Å²) in [6, 6.07) is 36.1. The number of hydrogen-bond acceptors (Lipinski definition) is 1. The number of furan rings is 1. The van der Waals surface area contributed by atoms with Crippen molar-refractivity contribution >= 4 is 43.5 Å². The molecule has 0 bridgehead atoms. The van der Waals surface area contributed by atoms with Gasteiger partial charge < -0.3 is 4.42 Å². The van der Waals surface area contributed by atoms with Gasteiger partial charge in [0.1, 0.15) is 11.2 Å². The molecule has 0 aliphatic rings. The molecular formula is C50H32O. The van der Waals surface area contributed by atoms with Crippen LogP contribution >= 0.6 is 0 Å². The van der Waals surface area contributed by atoms with E-state index in [0.29, 0.717) is 44.2 Å². The maximum absolute atomic E-state index is 9.61. The highest BCUT2D eigenvalue weighted by Gasteiger charge is 2.23. The van der Waals surface area contributed by atoms with Crippen LogP contribution in [0.2, 0.25) is 0 Å². The van der Waals surface area contributed by atoms with E-state index in [4.69, 9.17) is 12.6 Å². The van der Waals surface area contributed by atoms with Crippen molar-refractivity contribution in [3.63, 3.8) is 0 Å². The Morgan fingerprint density at radius 3 is 1.45 bits per heavy atom. The third-order valence-corrected chi connectivity index (χ3v) is 9.45. The molecule has 238 valence electrons. The standard InChI is InChI=1S/C50H32O/c1-4-16-33(17-5-1)44-30-37(36-28-29-39-38-22-14-15-27-46(38)51-47(39)32-36)31-45(34-18-6-2-7-19-34)50(44)49-42-25-12-10-23-40(42)48(35-20-8-3-9-21-35)41-24-11-13-26-43(41)49/h1-32H/i10D,12D,14D,15D,22D,23D,25D,27D,28D,29D,32D. The Balaban J connectivity index is 1.42. The van der Waals surface area contributed by atoms with Crippen LogP contribution in [0.1, 0.15) is 15.1 Å². The highest BCUT2D eigenvalue weighted by Crippen LogP contribution is 2.50. The van der Waals surface area contributed by atoms with Crippen molar-refractivity contribution in [2.24, 2.45) is 0 Å². The molecule has 0 atom stereocenters. The minimum absolute atomic E-state index is 0.0421. The van der Waals surface area contributed by atoms with Crippen LogP contribution in [0.4, 0.5) is 0 Å². The number of fused-ring (bicyclic) bond motifs is 5. The molecule has 10 rings (SSSR count). The predicted octanol–water partition coefficient (Wildman–Crippen LogP) is 14.2. The van der Waals surface area contributed by atoms with Crippen molar-refractivity contribution in [1.82, 2.24) is 0 Å². The van der Waals surface area contributed by atoms with Gasteiger partial charge in [0, 0.05) is 10.8 Å². The van der Waals surface area contributed by atoms with Gasteiger partial charge in [0.15, 0.2) is 0 Å². The monoisotopic (exact) mass is 659 g/mol. The Bertz CT molecular complexity index is 3450. The van der Waals surface area contributed by atoms with E-state index < -0.39 is 24.2 Å². The third kappa shape index (κ3) is 4.86. The van der Waals surface area contributed by atoms with Gasteiger partial charge >= 0.3 is 0 Å². The molecular weight excluding hydrogens is 617 g/mol. The van der Waals surface area contributed by atoms with Gasteiger partial charge in [-0.25, -0.2) is 0 Å². The molecule has 1 nitrogen and oxygen atoms in total. The average molecular weight is 660 g/mol. The smallest absolute Gasteiger partial charge is 0.136 e. The Kier molecular flexibility index (Phi) is 4.73. The second-order valence-corrected chi connectivity index (χ2v) is 12.4. The van der Waals surface area contributed by atoms with E-state index in [0.717, 1.165) is 27.5 Å². The van der Waals surface area contributed by atoms with Gasteiger partial charge in [0.05, 0.1) is 15.1 Å². The summed E-state index contributed by atoms with van der Waals surface area (Å²) in [6.45, 7) is 0. The summed E-state index contributed by atoms with van der Waals surface area (Å²) in [5, 5.41) is 2.11. The lowest BCUT2D eigenvalue weighted by atomic mass is 9.79. The maximum atomic E-state index is 9.61. The summed E-state index contributed by atoms with van der Waals surface area (Å²) >= 11 is 0. The molecule has 0 radical (unpaired) electrons. The summed E-state index contributed by atoms with van der Waals surface area (Å²) in [7, 11) is 0. The van der Waals surface area contributed by atoms with Crippen LogP contribution in [0, 0.1) is 0 Å². The maximum Gasteiger partial charge on any atom is 0.136 e. The van der Waals surface area contributed by atoms with Crippen molar-refractivity contribution < 1.29 is 19.5 Å². The van der Waals surface area contributed by atoms with Gasteiger partial charge in [-0.05, 0) is 107 Å². The molecule has 0 fully saturated rings. The fourth-order valence-electron chi connectivity index (χ4n) is 7.23. The molecule has 51 heavy (non-hydrogen) atoms. The van der Waals surface area contributed by atoms with Crippen LogP contribution in [0.25, 0.3) is 99.1 Å². The Labute approximate surface area is 312 Å². The lowest BCUT2D eigenvalue weighted by Gasteiger charge is -2.23. The highest BCUT2D eigenvalue weighted by molar-refractivity contribution is 6.24. The van der Waals surface area contributed by atoms with E-state index in [9.17, 15) is 6.85 Å². The molecule has 1 heteroatoms. The lowest BCUT2D eigenvalue weighted by Crippen LogP contribution is -1.96. The molecule has 0 saturated carbocycles. The van der Waals surface area contributed by atoms with E-state index in [1.54, 1.807) is 0 Å². The van der Waals surface area contributed by atoms with Crippen LogP contribution in [-0.2, 0) is 0 Å². The predicted molar refractivity (Wildman–Crippen MR) is 216 cm³/mol. The molecule has 9 aromatic carbocycles. The highest BCUT2D eigenvalue weighted by atomic mass is 16.3. The van der Waals surface area contributed by atoms with Crippen LogP contribution in [0.3, 0.4) is 0 Å². The molecule has 0 aliphatic heterocycles. The van der Waals surface area contributed by atoms with E-state index >= 15 is 0 Å². The molecule has 10 aromatic rings. The minimum atomic E-state index is -0.511. The SMILES string of the molecule is [2H]c1c([2H])c([2H])c2c(oc3c([2H])c(-c4cc(-c5ccccc5)c(-c5c6ccccc6c(-c6ccccc6)c6c([2H])c([2H])c([2H])c([2H])c56)c(-c5ccccc5)c4)c([2H])c([2H])c32)c1[2H]. The molecule has 0 saturated heterocycles. The fourth-order valence-corrected chi connectivity index (χ4v) is 7.23. The molecule has 0 aliphatic carbocycles. The van der Waals surface area contributed by atoms with E-state index in [-0.39, 0.29) is 69.8 Å². The first-order valence-electron chi connectivity index (χ1n) is 22.1. The molecule has 0 spiro atoms. The summed E-state index contributed by atoms with van der Waals surface area (Å²) < 4.78 is 105. The van der Waals surface area contributed by atoms with Crippen molar-refractivity contribution in [2.75, 3.05) is 0 Å². The molecule has 0 N–H and O–H groups in total. The number of para-hydroxylation sites is 1. The largest absolute Gasteiger partial charge is 0.456 e. The van der Waals surface area contributed by atoms with Gasteiger partial charge in [0.2, 0.25) is 0 Å². The normalized spacial score (nSPS) is 14.5. The van der Waals surface area contributed by atoms with Gasteiger partial charge in [-0.2, -0.15) is 0 Å². The first-order chi connectivity index (χ1) is 29.9. The topological polar surface area (TPSA) is 13.1 Å². The van der Waals surface area contributed by atoms with Crippen LogP contribution in [0.15, 0.2) is 198 Å². The first kappa shape index (κ1) is 20.1. The van der Waals surface area contributed by atoms with Crippen LogP contribution in [-0.4, -0.2) is 0 Å². The molecule has 1 heterocycles. The van der Waals surface area contributed by atoms with Crippen LogP contribution < -0.4 is 0 Å². The summed E-state index contributed by atoms with van der Waals surface area (Å²) in [6.07, 6.45) is 0. The van der Waals surface area contributed by atoms with Gasteiger partial charge in [-0.15, -0.1) is 0 Å². The molecule has 1 aromatic heterocycles. The summed E-state index contributed by atoms with van der Waals surface area (Å²) in [4.78, 5) is 0. The zero-order valence-corrected chi connectivity index (χ0v) is 27.0. The molecule has 0 amide bonds. The second-order valence-electron chi connectivity index (χ2n) is 12.4. The van der Waals surface area contributed by atoms with Gasteiger partial charge in [-0.3, -0.25) is 0 Å². The zero-order valence-electron chi connectivity index (χ0n) is 38.0. The number of benzene rings is 9. The lowest BCUT2D eigenvalue weighted by molar-refractivity contribution is 0.669.